The molecular formula is C12H18N4O. The Morgan fingerprint density at radius 1 is 1.53 bits per heavy atom. The molecule has 17 heavy (non-hydrogen) atoms. The maximum atomic E-state index is 11.6. The molecule has 2 heterocycles. The molecule has 1 aromatic heterocycles. The van der Waals surface area contributed by atoms with E-state index in [9.17, 15) is 4.79 Å². The fourth-order valence-corrected chi connectivity index (χ4v) is 1.61. The molecule has 2 N–H and O–H groups in total. The van der Waals surface area contributed by atoms with Gasteiger partial charge in [-0.15, -0.1) is 0 Å². The molecule has 1 saturated heterocycles. The standard InChI is InChI=1S/C12H18N4O/c1-16(2)11-5-3-4-10(15-11)8-14-12(17)9-6-13-7-9/h3-5,9,13H,6-8H2,1-2H3,(H,14,17). The summed E-state index contributed by atoms with van der Waals surface area (Å²) in [7, 11) is 3.90. The Labute approximate surface area is 101 Å². The summed E-state index contributed by atoms with van der Waals surface area (Å²) >= 11 is 0. The summed E-state index contributed by atoms with van der Waals surface area (Å²) in [6.07, 6.45) is 0. The summed E-state index contributed by atoms with van der Waals surface area (Å²) in [6.45, 7) is 2.07. The summed E-state index contributed by atoms with van der Waals surface area (Å²) in [6, 6.07) is 5.82. The van der Waals surface area contributed by atoms with Crippen LogP contribution < -0.4 is 15.5 Å². The zero-order valence-electron chi connectivity index (χ0n) is 10.2. The first-order valence-corrected chi connectivity index (χ1v) is 5.78. The van der Waals surface area contributed by atoms with Gasteiger partial charge in [0.05, 0.1) is 18.2 Å². The quantitative estimate of drug-likeness (QED) is 0.769. The third kappa shape index (κ3) is 2.94. The Kier molecular flexibility index (Phi) is 3.58. The molecule has 1 aliphatic rings. The molecule has 0 unspecified atom stereocenters. The minimum Gasteiger partial charge on any atom is -0.363 e. The maximum Gasteiger partial charge on any atom is 0.226 e. The molecule has 0 radical (unpaired) electrons. The van der Waals surface area contributed by atoms with E-state index in [0.29, 0.717) is 6.54 Å². The number of hydrogen-bond acceptors (Lipinski definition) is 4. The molecule has 0 bridgehead atoms. The van der Waals surface area contributed by atoms with E-state index in [0.717, 1.165) is 24.6 Å². The van der Waals surface area contributed by atoms with Gasteiger partial charge < -0.3 is 15.5 Å². The van der Waals surface area contributed by atoms with Crippen LogP contribution in [0.3, 0.4) is 0 Å². The van der Waals surface area contributed by atoms with Crippen LogP contribution in [0.2, 0.25) is 0 Å². The van der Waals surface area contributed by atoms with Gasteiger partial charge in [0.1, 0.15) is 5.82 Å². The van der Waals surface area contributed by atoms with Gasteiger partial charge in [-0.25, -0.2) is 4.98 Å². The van der Waals surface area contributed by atoms with Gasteiger partial charge in [0.2, 0.25) is 5.91 Å². The first-order valence-electron chi connectivity index (χ1n) is 5.78. The van der Waals surface area contributed by atoms with Crippen molar-refractivity contribution in [1.29, 1.82) is 0 Å². The largest absolute Gasteiger partial charge is 0.363 e. The van der Waals surface area contributed by atoms with Gasteiger partial charge in [0.25, 0.3) is 0 Å². The number of rotatable bonds is 4. The lowest BCUT2D eigenvalue weighted by Crippen LogP contribution is -2.50. The summed E-state index contributed by atoms with van der Waals surface area (Å²) < 4.78 is 0. The number of nitrogens with one attached hydrogen (secondary N) is 2. The van der Waals surface area contributed by atoms with Gasteiger partial charge in [-0.3, -0.25) is 4.79 Å². The summed E-state index contributed by atoms with van der Waals surface area (Å²) in [4.78, 5) is 18.0. The van der Waals surface area contributed by atoms with Crippen LogP contribution in [0.25, 0.3) is 0 Å². The molecule has 1 fully saturated rings. The zero-order chi connectivity index (χ0) is 12.3. The molecular weight excluding hydrogens is 216 g/mol. The molecule has 1 aromatic rings. The SMILES string of the molecule is CN(C)c1cccc(CNC(=O)C2CNC2)n1. The number of amides is 1. The Balaban J connectivity index is 1.89. The lowest BCUT2D eigenvalue weighted by atomic mass is 10.0. The van der Waals surface area contributed by atoms with Crippen LogP contribution in [-0.4, -0.2) is 38.1 Å². The third-order valence-corrected chi connectivity index (χ3v) is 2.85. The van der Waals surface area contributed by atoms with Gasteiger partial charge in [0.15, 0.2) is 0 Å². The summed E-state index contributed by atoms with van der Waals surface area (Å²) in [5.74, 6) is 1.15. The Bertz CT molecular complexity index is 401. The van der Waals surface area contributed by atoms with Crippen LogP contribution in [0.1, 0.15) is 5.69 Å². The summed E-state index contributed by atoms with van der Waals surface area (Å²) in [5.41, 5.74) is 0.886. The lowest BCUT2D eigenvalue weighted by molar-refractivity contribution is -0.126. The van der Waals surface area contributed by atoms with Crippen LogP contribution in [0.4, 0.5) is 5.82 Å². The Morgan fingerprint density at radius 3 is 2.88 bits per heavy atom. The van der Waals surface area contributed by atoms with Gasteiger partial charge in [-0.05, 0) is 12.1 Å². The number of anilines is 1. The second-order valence-electron chi connectivity index (χ2n) is 4.45. The molecule has 92 valence electrons. The van der Waals surface area contributed by atoms with E-state index >= 15 is 0 Å². The normalized spacial score (nSPS) is 15.2. The number of hydrogen-bond donors (Lipinski definition) is 2. The molecule has 2 rings (SSSR count). The average molecular weight is 234 g/mol. The van der Waals surface area contributed by atoms with Crippen LogP contribution in [0.5, 0.6) is 0 Å². The predicted molar refractivity (Wildman–Crippen MR) is 66.8 cm³/mol. The second-order valence-corrected chi connectivity index (χ2v) is 4.45. The predicted octanol–water partition coefficient (Wildman–Crippen LogP) is -0.0168. The van der Waals surface area contributed by atoms with Crippen LogP contribution in [0.15, 0.2) is 18.2 Å². The first kappa shape index (κ1) is 11.9. The smallest absolute Gasteiger partial charge is 0.226 e. The first-order chi connectivity index (χ1) is 8.16. The molecule has 5 nitrogen and oxygen atoms in total. The maximum absolute atomic E-state index is 11.6. The van der Waals surface area contributed by atoms with Crippen molar-refractivity contribution in [3.63, 3.8) is 0 Å². The molecule has 0 aromatic carbocycles. The number of nitrogens with zero attached hydrogens (tertiary/aromatic N) is 2. The van der Waals surface area contributed by atoms with E-state index < -0.39 is 0 Å². The zero-order valence-corrected chi connectivity index (χ0v) is 10.2. The van der Waals surface area contributed by atoms with E-state index in [1.807, 2.05) is 37.2 Å². The molecule has 0 saturated carbocycles. The van der Waals surface area contributed by atoms with Crippen molar-refractivity contribution < 1.29 is 4.79 Å². The highest BCUT2D eigenvalue weighted by Crippen LogP contribution is 2.08. The average Bonchev–Trinajstić information content (AvgIpc) is 2.24. The Hall–Kier alpha value is -1.62. The van der Waals surface area contributed by atoms with Crippen molar-refractivity contribution in [1.82, 2.24) is 15.6 Å². The van der Waals surface area contributed by atoms with E-state index in [-0.39, 0.29) is 11.8 Å². The van der Waals surface area contributed by atoms with E-state index in [1.165, 1.54) is 0 Å². The fourth-order valence-electron chi connectivity index (χ4n) is 1.61. The van der Waals surface area contributed by atoms with Crippen molar-refractivity contribution in [2.24, 2.45) is 5.92 Å². The van der Waals surface area contributed by atoms with E-state index in [1.54, 1.807) is 0 Å². The van der Waals surface area contributed by atoms with Crippen LogP contribution in [-0.2, 0) is 11.3 Å². The highest BCUT2D eigenvalue weighted by atomic mass is 16.2. The van der Waals surface area contributed by atoms with Crippen LogP contribution >= 0.6 is 0 Å². The van der Waals surface area contributed by atoms with Crippen molar-refractivity contribution >= 4 is 11.7 Å². The van der Waals surface area contributed by atoms with Crippen molar-refractivity contribution in [3.8, 4) is 0 Å². The fraction of sp³-hybridized carbons (Fsp3) is 0.500. The van der Waals surface area contributed by atoms with Crippen molar-refractivity contribution in [2.45, 2.75) is 6.54 Å². The molecule has 0 spiro atoms. The molecule has 1 amide bonds. The molecule has 5 heteroatoms. The number of pyridine rings is 1. The number of carbonyl (C=O) groups is 1. The van der Waals surface area contributed by atoms with Gasteiger partial charge >= 0.3 is 0 Å². The van der Waals surface area contributed by atoms with Crippen LogP contribution in [0, 0.1) is 5.92 Å². The van der Waals surface area contributed by atoms with Gasteiger partial charge in [0, 0.05) is 27.2 Å². The second kappa shape index (κ2) is 5.14. The monoisotopic (exact) mass is 234 g/mol. The minimum absolute atomic E-state index is 0.112. The molecule has 0 atom stereocenters. The van der Waals surface area contributed by atoms with Gasteiger partial charge in [-0.1, -0.05) is 6.07 Å². The lowest BCUT2D eigenvalue weighted by Gasteiger charge is -2.25. The van der Waals surface area contributed by atoms with E-state index in [2.05, 4.69) is 15.6 Å². The van der Waals surface area contributed by atoms with E-state index in [4.69, 9.17) is 0 Å². The number of carbonyl (C=O) groups excluding carboxylic acids is 1. The molecule has 1 aliphatic heterocycles. The number of aromatic nitrogens is 1. The topological polar surface area (TPSA) is 57.3 Å². The third-order valence-electron chi connectivity index (χ3n) is 2.85. The minimum atomic E-state index is 0.112. The van der Waals surface area contributed by atoms with Crippen molar-refractivity contribution in [3.05, 3.63) is 23.9 Å². The highest BCUT2D eigenvalue weighted by Gasteiger charge is 2.24. The highest BCUT2D eigenvalue weighted by molar-refractivity contribution is 5.79. The van der Waals surface area contributed by atoms with Gasteiger partial charge in [-0.2, -0.15) is 0 Å². The Morgan fingerprint density at radius 2 is 2.29 bits per heavy atom. The van der Waals surface area contributed by atoms with Crippen molar-refractivity contribution in [2.75, 3.05) is 32.1 Å². The summed E-state index contributed by atoms with van der Waals surface area (Å²) in [5, 5.41) is 5.99. The molecule has 0 aliphatic carbocycles.